The van der Waals surface area contributed by atoms with Crippen molar-refractivity contribution in [1.29, 1.82) is 0 Å². The first-order valence-corrected chi connectivity index (χ1v) is 6.34. The number of rotatable bonds is 6. The normalized spacial score (nSPS) is 13.6. The van der Waals surface area contributed by atoms with E-state index < -0.39 is 0 Å². The summed E-state index contributed by atoms with van der Waals surface area (Å²) >= 11 is 0. The number of carbonyl (C=O) groups excluding carboxylic acids is 1. The molecule has 0 spiro atoms. The van der Waals surface area contributed by atoms with Crippen molar-refractivity contribution < 1.29 is 4.79 Å². The van der Waals surface area contributed by atoms with Crippen molar-refractivity contribution in [3.63, 3.8) is 0 Å². The highest BCUT2D eigenvalue weighted by atomic mass is 16.2. The van der Waals surface area contributed by atoms with E-state index in [-0.39, 0.29) is 11.3 Å². The van der Waals surface area contributed by atoms with Gasteiger partial charge >= 0.3 is 0 Å². The smallest absolute Gasteiger partial charge is 0.223 e. The molecule has 1 unspecified atom stereocenters. The third kappa shape index (κ3) is 5.50. The Morgan fingerprint density at radius 2 is 1.75 bits per heavy atom. The van der Waals surface area contributed by atoms with Crippen LogP contribution in [0.2, 0.25) is 0 Å². The molecule has 3 heteroatoms. The first kappa shape index (κ1) is 15.4. The van der Waals surface area contributed by atoms with Crippen molar-refractivity contribution in [3.8, 4) is 0 Å². The monoisotopic (exact) mass is 228 g/mol. The second kappa shape index (κ2) is 6.89. The molecule has 0 aliphatic rings. The Morgan fingerprint density at radius 3 is 2.12 bits per heavy atom. The van der Waals surface area contributed by atoms with E-state index in [1.165, 1.54) is 0 Å². The maximum absolute atomic E-state index is 11.7. The minimum absolute atomic E-state index is 0.248. The highest BCUT2D eigenvalue weighted by Crippen LogP contribution is 2.18. The van der Waals surface area contributed by atoms with Gasteiger partial charge in [0.1, 0.15) is 0 Å². The lowest BCUT2D eigenvalue weighted by atomic mass is 9.88. The van der Waals surface area contributed by atoms with Crippen molar-refractivity contribution in [1.82, 2.24) is 10.2 Å². The Morgan fingerprint density at radius 1 is 1.25 bits per heavy atom. The summed E-state index contributed by atoms with van der Waals surface area (Å²) in [7, 11) is 0. The Bertz CT molecular complexity index is 204. The topological polar surface area (TPSA) is 32.3 Å². The molecule has 0 fully saturated rings. The fourth-order valence-corrected chi connectivity index (χ4v) is 1.44. The minimum Gasteiger partial charge on any atom is -0.343 e. The molecule has 0 bridgehead atoms. The molecule has 0 saturated carbocycles. The molecule has 1 N–H and O–H groups in total. The SMILES string of the molecule is CCN(CC)C(=O)CCNC(C)C(C)(C)C. The summed E-state index contributed by atoms with van der Waals surface area (Å²) in [6, 6.07) is 0.428. The third-order valence-electron chi connectivity index (χ3n) is 3.20. The molecule has 16 heavy (non-hydrogen) atoms. The van der Waals surface area contributed by atoms with Gasteiger partial charge in [-0.2, -0.15) is 0 Å². The van der Waals surface area contributed by atoms with Gasteiger partial charge in [0.2, 0.25) is 5.91 Å². The number of carbonyl (C=O) groups is 1. The van der Waals surface area contributed by atoms with Gasteiger partial charge < -0.3 is 10.2 Å². The van der Waals surface area contributed by atoms with E-state index >= 15 is 0 Å². The second-order valence-electron chi connectivity index (χ2n) is 5.36. The minimum atomic E-state index is 0.248. The van der Waals surface area contributed by atoms with Gasteiger partial charge in [0.15, 0.2) is 0 Å². The molecular formula is C13H28N2O. The van der Waals surface area contributed by atoms with Crippen LogP contribution in [0.15, 0.2) is 0 Å². The third-order valence-corrected chi connectivity index (χ3v) is 3.20. The predicted molar refractivity (Wildman–Crippen MR) is 69.5 cm³/mol. The molecule has 0 saturated heterocycles. The van der Waals surface area contributed by atoms with E-state index in [0.29, 0.717) is 12.5 Å². The van der Waals surface area contributed by atoms with Gasteiger partial charge in [-0.15, -0.1) is 0 Å². The second-order valence-corrected chi connectivity index (χ2v) is 5.36. The average Bonchev–Trinajstić information content (AvgIpc) is 2.18. The van der Waals surface area contributed by atoms with E-state index in [1.54, 1.807) is 0 Å². The quantitative estimate of drug-likeness (QED) is 0.756. The molecule has 0 rings (SSSR count). The van der Waals surface area contributed by atoms with E-state index in [4.69, 9.17) is 0 Å². The molecule has 0 heterocycles. The maximum atomic E-state index is 11.7. The standard InChI is InChI=1S/C13H28N2O/c1-7-15(8-2)12(16)9-10-14-11(3)13(4,5)6/h11,14H,7-10H2,1-6H3. The van der Waals surface area contributed by atoms with Crippen LogP contribution in [0.4, 0.5) is 0 Å². The predicted octanol–water partition coefficient (Wildman–Crippen LogP) is 2.27. The summed E-state index contributed by atoms with van der Waals surface area (Å²) in [5.41, 5.74) is 0.248. The van der Waals surface area contributed by atoms with Crippen LogP contribution in [0.25, 0.3) is 0 Å². The van der Waals surface area contributed by atoms with Gasteiger partial charge in [0, 0.05) is 32.1 Å². The van der Waals surface area contributed by atoms with Crippen molar-refractivity contribution in [2.75, 3.05) is 19.6 Å². The van der Waals surface area contributed by atoms with E-state index in [0.717, 1.165) is 19.6 Å². The van der Waals surface area contributed by atoms with E-state index in [9.17, 15) is 4.79 Å². The van der Waals surface area contributed by atoms with E-state index in [1.807, 2.05) is 18.7 Å². The summed E-state index contributed by atoms with van der Waals surface area (Å²) in [4.78, 5) is 13.6. The molecule has 1 amide bonds. The van der Waals surface area contributed by atoms with Crippen molar-refractivity contribution in [3.05, 3.63) is 0 Å². The number of nitrogens with one attached hydrogen (secondary N) is 1. The molecule has 0 aromatic carbocycles. The van der Waals surface area contributed by atoms with Crippen LogP contribution < -0.4 is 5.32 Å². The van der Waals surface area contributed by atoms with Crippen LogP contribution in [0.3, 0.4) is 0 Å². The Labute approximate surface area is 101 Å². The summed E-state index contributed by atoms with van der Waals surface area (Å²) in [5, 5.41) is 3.41. The van der Waals surface area contributed by atoms with Crippen molar-refractivity contribution in [2.24, 2.45) is 5.41 Å². The fraction of sp³-hybridized carbons (Fsp3) is 0.923. The number of hydrogen-bond acceptors (Lipinski definition) is 2. The largest absolute Gasteiger partial charge is 0.343 e. The van der Waals surface area contributed by atoms with Crippen LogP contribution in [-0.2, 0) is 4.79 Å². The van der Waals surface area contributed by atoms with Crippen LogP contribution in [0.5, 0.6) is 0 Å². The van der Waals surface area contributed by atoms with Crippen LogP contribution in [0, 0.1) is 5.41 Å². The van der Waals surface area contributed by atoms with E-state index in [2.05, 4.69) is 33.0 Å². The van der Waals surface area contributed by atoms with Gasteiger partial charge in [-0.1, -0.05) is 20.8 Å². The van der Waals surface area contributed by atoms with Gasteiger partial charge in [0.25, 0.3) is 0 Å². The molecule has 96 valence electrons. The molecule has 1 atom stereocenters. The Kier molecular flexibility index (Phi) is 6.65. The average molecular weight is 228 g/mol. The molecule has 0 aromatic rings. The maximum Gasteiger partial charge on any atom is 0.223 e. The first-order chi connectivity index (χ1) is 7.32. The van der Waals surface area contributed by atoms with Gasteiger partial charge in [-0.25, -0.2) is 0 Å². The Hall–Kier alpha value is -0.570. The number of amides is 1. The van der Waals surface area contributed by atoms with Crippen molar-refractivity contribution >= 4 is 5.91 Å². The van der Waals surface area contributed by atoms with Gasteiger partial charge in [-0.3, -0.25) is 4.79 Å². The van der Waals surface area contributed by atoms with Gasteiger partial charge in [0.05, 0.1) is 0 Å². The molecule has 0 radical (unpaired) electrons. The number of hydrogen-bond donors (Lipinski definition) is 1. The lowest BCUT2D eigenvalue weighted by Crippen LogP contribution is -2.40. The molecule has 0 aromatic heterocycles. The molecule has 0 aliphatic heterocycles. The van der Waals surface area contributed by atoms with Crippen molar-refractivity contribution in [2.45, 2.75) is 54.0 Å². The lowest BCUT2D eigenvalue weighted by Gasteiger charge is -2.28. The lowest BCUT2D eigenvalue weighted by molar-refractivity contribution is -0.130. The first-order valence-electron chi connectivity index (χ1n) is 6.34. The summed E-state index contributed by atoms with van der Waals surface area (Å²) < 4.78 is 0. The summed E-state index contributed by atoms with van der Waals surface area (Å²) in [6.45, 7) is 15.2. The van der Waals surface area contributed by atoms with Crippen LogP contribution in [-0.4, -0.2) is 36.5 Å². The Balaban J connectivity index is 3.86. The zero-order valence-corrected chi connectivity index (χ0v) is 11.8. The fourth-order valence-electron chi connectivity index (χ4n) is 1.44. The molecular weight excluding hydrogens is 200 g/mol. The number of nitrogens with zero attached hydrogens (tertiary/aromatic N) is 1. The summed E-state index contributed by atoms with van der Waals surface area (Å²) in [6.07, 6.45) is 0.599. The summed E-state index contributed by atoms with van der Waals surface area (Å²) in [5.74, 6) is 0.249. The zero-order chi connectivity index (χ0) is 12.8. The van der Waals surface area contributed by atoms with Gasteiger partial charge in [-0.05, 0) is 26.2 Å². The molecule has 3 nitrogen and oxygen atoms in total. The molecule has 0 aliphatic carbocycles. The highest BCUT2D eigenvalue weighted by Gasteiger charge is 2.19. The highest BCUT2D eigenvalue weighted by molar-refractivity contribution is 5.76. The zero-order valence-electron chi connectivity index (χ0n) is 11.8. The van der Waals surface area contributed by atoms with Crippen LogP contribution >= 0.6 is 0 Å². The van der Waals surface area contributed by atoms with Crippen LogP contribution in [0.1, 0.15) is 48.0 Å².